The highest BCUT2D eigenvalue weighted by atomic mass is 32.2. The van der Waals surface area contributed by atoms with E-state index in [1.54, 1.807) is 38.1 Å². The molecule has 49 heavy (non-hydrogen) atoms. The van der Waals surface area contributed by atoms with Gasteiger partial charge in [0, 0.05) is 75.5 Å². The van der Waals surface area contributed by atoms with E-state index in [4.69, 9.17) is 4.74 Å². The molecule has 0 radical (unpaired) electrons. The maximum atomic E-state index is 14.0. The molecule has 2 fully saturated rings. The normalized spacial score (nSPS) is 19.0. The summed E-state index contributed by atoms with van der Waals surface area (Å²) in [6, 6.07) is 11.3. The first kappa shape index (κ1) is 34.7. The van der Waals surface area contributed by atoms with Crippen LogP contribution < -0.4 is 25.6 Å². The highest BCUT2D eigenvalue weighted by Crippen LogP contribution is 2.41. The number of carbonyl (C=O) groups excluding carboxylic acids is 1. The number of rotatable bonds is 9. The SMILES string of the molecule is COc1cc(N2CCC(N3CCN(S(C)(=O)=O)CC3)CC2)ccc1Nc1ncc(C(F)(F)F)c(NCc2cccc3c2C(C)(C)C(=O)N3)n1. The third-order valence-corrected chi connectivity index (χ3v) is 11.0. The average Bonchev–Trinajstić information content (AvgIpc) is 3.30. The Balaban J connectivity index is 1.14. The van der Waals surface area contributed by atoms with E-state index < -0.39 is 33.0 Å². The number of sulfonamides is 1. The van der Waals surface area contributed by atoms with Crippen molar-refractivity contribution in [3.8, 4) is 5.75 Å². The zero-order valence-corrected chi connectivity index (χ0v) is 28.7. The van der Waals surface area contributed by atoms with E-state index in [2.05, 4.69) is 35.7 Å². The molecule has 16 heteroatoms. The summed E-state index contributed by atoms with van der Waals surface area (Å²) in [4.78, 5) is 25.3. The van der Waals surface area contributed by atoms with Crippen LogP contribution >= 0.6 is 0 Å². The van der Waals surface area contributed by atoms with Crippen LogP contribution in [0.4, 0.5) is 42.0 Å². The Kier molecular flexibility index (Phi) is 9.41. The van der Waals surface area contributed by atoms with E-state index >= 15 is 0 Å². The van der Waals surface area contributed by atoms with E-state index in [0.29, 0.717) is 41.8 Å². The fourth-order valence-corrected chi connectivity index (χ4v) is 7.76. The minimum atomic E-state index is -4.70. The zero-order valence-electron chi connectivity index (χ0n) is 27.9. The van der Waals surface area contributed by atoms with Crippen LogP contribution in [0.2, 0.25) is 0 Å². The molecule has 264 valence electrons. The Bertz CT molecular complexity index is 1820. The van der Waals surface area contributed by atoms with Gasteiger partial charge in [0.05, 0.1) is 24.5 Å². The van der Waals surface area contributed by atoms with E-state index in [0.717, 1.165) is 56.5 Å². The fraction of sp³-hybridized carbons (Fsp3) is 0.485. The Hall–Kier alpha value is -4.15. The van der Waals surface area contributed by atoms with Crippen LogP contribution in [0.25, 0.3) is 0 Å². The van der Waals surface area contributed by atoms with Crippen molar-refractivity contribution in [2.45, 2.75) is 50.9 Å². The van der Waals surface area contributed by atoms with Crippen LogP contribution in [-0.4, -0.2) is 92.2 Å². The van der Waals surface area contributed by atoms with Gasteiger partial charge in [0.25, 0.3) is 0 Å². The number of amides is 1. The molecule has 2 aromatic carbocycles. The van der Waals surface area contributed by atoms with Gasteiger partial charge in [0.2, 0.25) is 21.9 Å². The molecule has 3 N–H and O–H groups in total. The first-order valence-electron chi connectivity index (χ1n) is 16.2. The van der Waals surface area contributed by atoms with Crippen molar-refractivity contribution < 1.29 is 31.1 Å². The summed E-state index contributed by atoms with van der Waals surface area (Å²) in [6.07, 6.45) is -0.830. The predicted octanol–water partition coefficient (Wildman–Crippen LogP) is 4.64. The van der Waals surface area contributed by atoms with Crippen LogP contribution in [0.15, 0.2) is 42.6 Å². The number of anilines is 5. The summed E-state index contributed by atoms with van der Waals surface area (Å²) in [5.74, 6) is -0.136. The van der Waals surface area contributed by atoms with Crippen molar-refractivity contribution in [2.24, 2.45) is 0 Å². The van der Waals surface area contributed by atoms with Gasteiger partial charge in [-0.2, -0.15) is 22.5 Å². The molecule has 3 aromatic rings. The Morgan fingerprint density at radius 2 is 1.78 bits per heavy atom. The highest BCUT2D eigenvalue weighted by Gasteiger charge is 2.40. The highest BCUT2D eigenvalue weighted by molar-refractivity contribution is 7.88. The number of carbonyl (C=O) groups is 1. The number of nitrogens with one attached hydrogen (secondary N) is 3. The topological polar surface area (TPSA) is 132 Å². The zero-order chi connectivity index (χ0) is 35.1. The molecule has 3 aliphatic rings. The van der Waals surface area contributed by atoms with Gasteiger partial charge in [-0.3, -0.25) is 9.69 Å². The average molecular weight is 703 g/mol. The molecular weight excluding hydrogens is 661 g/mol. The van der Waals surface area contributed by atoms with Crippen LogP contribution in [0.1, 0.15) is 43.4 Å². The van der Waals surface area contributed by atoms with Crippen molar-refractivity contribution in [3.63, 3.8) is 0 Å². The summed E-state index contributed by atoms with van der Waals surface area (Å²) in [6.45, 7) is 7.66. The standard InChI is InChI=1S/C33H41F3N8O4S/c1-32(2)28-21(6-5-7-26(28)39-30(32)45)19-37-29-24(33(34,35)36)20-38-31(41-29)40-25-9-8-23(18-27(25)48-3)42-12-10-22(11-13-42)43-14-16-44(17-15-43)49(4,46)47/h5-9,18,20,22H,10-17,19H2,1-4H3,(H,39,45)(H2,37,38,40,41). The molecule has 0 spiro atoms. The first-order valence-corrected chi connectivity index (χ1v) is 18.0. The lowest BCUT2D eigenvalue weighted by Crippen LogP contribution is -2.54. The number of hydrogen-bond acceptors (Lipinski definition) is 10. The number of piperidine rings is 1. The summed E-state index contributed by atoms with van der Waals surface area (Å²) >= 11 is 0. The van der Waals surface area contributed by atoms with Crippen LogP contribution in [0.3, 0.4) is 0 Å². The van der Waals surface area contributed by atoms with Crippen molar-refractivity contribution in [2.75, 3.05) is 73.5 Å². The molecule has 4 heterocycles. The molecule has 0 bridgehead atoms. The van der Waals surface area contributed by atoms with Crippen LogP contribution in [0, 0.1) is 0 Å². The second-order valence-corrected chi connectivity index (χ2v) is 15.1. The smallest absolute Gasteiger partial charge is 0.421 e. The largest absolute Gasteiger partial charge is 0.494 e. The van der Waals surface area contributed by atoms with Crippen molar-refractivity contribution in [1.82, 2.24) is 19.2 Å². The third-order valence-electron chi connectivity index (χ3n) is 9.65. The number of halogens is 3. The number of methoxy groups -OCH3 is 1. The van der Waals surface area contributed by atoms with Crippen molar-refractivity contribution in [1.29, 1.82) is 0 Å². The number of nitrogens with zero attached hydrogens (tertiary/aromatic N) is 5. The number of fused-ring (bicyclic) bond motifs is 1. The van der Waals surface area contributed by atoms with Gasteiger partial charge < -0.3 is 25.6 Å². The summed E-state index contributed by atoms with van der Waals surface area (Å²) in [7, 11) is -1.65. The Labute approximate surface area is 284 Å². The van der Waals surface area contributed by atoms with Gasteiger partial charge in [-0.25, -0.2) is 13.4 Å². The predicted molar refractivity (Wildman–Crippen MR) is 182 cm³/mol. The number of aromatic nitrogens is 2. The Morgan fingerprint density at radius 3 is 2.43 bits per heavy atom. The summed E-state index contributed by atoms with van der Waals surface area (Å²) < 4.78 is 72.9. The second kappa shape index (κ2) is 13.3. The number of hydrogen-bond donors (Lipinski definition) is 3. The molecule has 0 atom stereocenters. The van der Waals surface area contributed by atoms with Crippen LogP contribution in [-0.2, 0) is 33.0 Å². The molecule has 3 aliphatic heterocycles. The van der Waals surface area contributed by atoms with E-state index in [9.17, 15) is 26.4 Å². The Morgan fingerprint density at radius 1 is 1.06 bits per heavy atom. The molecule has 1 aromatic heterocycles. The molecule has 2 saturated heterocycles. The van der Waals surface area contributed by atoms with Gasteiger partial charge in [-0.1, -0.05) is 12.1 Å². The maximum absolute atomic E-state index is 14.0. The van der Waals surface area contributed by atoms with Crippen LogP contribution in [0.5, 0.6) is 5.75 Å². The molecule has 0 saturated carbocycles. The van der Waals surface area contributed by atoms with E-state index in [-0.39, 0.29) is 18.4 Å². The van der Waals surface area contributed by atoms with Crippen molar-refractivity contribution >= 4 is 44.8 Å². The maximum Gasteiger partial charge on any atom is 0.421 e. The van der Waals surface area contributed by atoms with E-state index in [1.807, 2.05) is 12.1 Å². The third kappa shape index (κ3) is 7.26. The lowest BCUT2D eigenvalue weighted by atomic mass is 9.83. The number of piperazine rings is 1. The van der Waals surface area contributed by atoms with Gasteiger partial charge in [0.15, 0.2) is 0 Å². The minimum Gasteiger partial charge on any atom is -0.494 e. The molecule has 12 nitrogen and oxygen atoms in total. The van der Waals surface area contributed by atoms with Gasteiger partial charge >= 0.3 is 6.18 Å². The summed E-state index contributed by atoms with van der Waals surface area (Å²) in [5.41, 5.74) is 1.64. The lowest BCUT2D eigenvalue weighted by Gasteiger charge is -2.42. The molecule has 0 unspecified atom stereocenters. The van der Waals surface area contributed by atoms with Gasteiger partial charge in [0.1, 0.15) is 17.1 Å². The first-order chi connectivity index (χ1) is 23.1. The lowest BCUT2D eigenvalue weighted by molar-refractivity contribution is -0.137. The second-order valence-electron chi connectivity index (χ2n) is 13.2. The van der Waals surface area contributed by atoms with Crippen molar-refractivity contribution in [3.05, 3.63) is 59.3 Å². The monoisotopic (exact) mass is 702 g/mol. The number of benzene rings is 2. The van der Waals surface area contributed by atoms with Gasteiger partial charge in [-0.15, -0.1) is 0 Å². The molecule has 0 aliphatic carbocycles. The minimum absolute atomic E-state index is 0.00661. The molecular formula is C33H41F3N8O4S. The van der Waals surface area contributed by atoms with E-state index in [1.165, 1.54) is 17.7 Å². The van der Waals surface area contributed by atoms with Gasteiger partial charge in [-0.05, 0) is 56.0 Å². The molecule has 1 amide bonds. The fourth-order valence-electron chi connectivity index (χ4n) is 6.93. The quantitative estimate of drug-likeness (QED) is 0.290. The summed E-state index contributed by atoms with van der Waals surface area (Å²) in [5, 5.41) is 8.69. The number of ether oxygens (including phenoxy) is 1. The molecule has 6 rings (SSSR count). The number of alkyl halides is 3.